The zero-order chi connectivity index (χ0) is 73.5. The summed E-state index contributed by atoms with van der Waals surface area (Å²) < 4.78 is 0. The van der Waals surface area contributed by atoms with Gasteiger partial charge in [-0.05, 0) is 210 Å². The standard InChI is InChI=1S/C27H33N.C26H31N.C25H29N.C23H25N/c1-3-5-7-8-10-27-20-19-26(21-28-27)25-17-15-24(16-18-25)23-13-11-22(12-14-23)9-6-4-2;1-3-5-7-9-26-19-18-25(20-27-26)24-16-14-23(15-17-24)22-12-10-21(11-13-22)8-6-4-2;1-3-5-7-20-9-11-21(12-10-20)22-13-15-23(16-14-22)24-17-18-25(26-19-24)8-6-4-2;1-3-5-6-18-7-9-19(10-8-18)20-11-13-21(14-12-20)22-15-16-23(4-2)24-17-22/h11-21H,3-10H2,1-2H3;10-20H,3-9H2,1-2H3;9-19H,3-8H2,1-2H3;7-17H,3-6H2,1-2H3. The summed E-state index contributed by atoms with van der Waals surface area (Å²) in [5.74, 6) is 0. The molecule has 0 bridgehead atoms. The van der Waals surface area contributed by atoms with Gasteiger partial charge < -0.3 is 0 Å². The fraction of sp³-hybridized carbons (Fsp3) is 0.327. The van der Waals surface area contributed by atoms with Gasteiger partial charge in [-0.25, -0.2) is 0 Å². The quantitative estimate of drug-likeness (QED) is 0.0385. The highest BCUT2D eigenvalue weighted by molar-refractivity contribution is 5.74. The maximum absolute atomic E-state index is 4.67. The Labute approximate surface area is 633 Å². The Kier molecular flexibility index (Phi) is 34.0. The molecule has 0 N–H and O–H groups in total. The second-order valence-corrected chi connectivity index (χ2v) is 28.4. The highest BCUT2D eigenvalue weighted by atomic mass is 14.7. The first-order chi connectivity index (χ1) is 51.7. The number of nitrogens with zero attached hydrogens (tertiary/aromatic N) is 4. The third-order valence-electron chi connectivity index (χ3n) is 20.1. The van der Waals surface area contributed by atoms with Crippen LogP contribution in [0, 0.1) is 0 Å². The minimum absolute atomic E-state index is 0.980. The lowest BCUT2D eigenvalue weighted by molar-refractivity contribution is 0.661. The molecule has 8 aromatic carbocycles. The molecule has 0 atom stereocenters. The second-order valence-electron chi connectivity index (χ2n) is 28.4. The summed E-state index contributed by atoms with van der Waals surface area (Å²) in [6.07, 6.45) is 38.3. The lowest BCUT2D eigenvalue weighted by Gasteiger charge is -2.07. The van der Waals surface area contributed by atoms with Crippen molar-refractivity contribution in [3.8, 4) is 89.0 Å². The molecule has 4 heteroatoms. The van der Waals surface area contributed by atoms with Gasteiger partial charge in [-0.3, -0.25) is 19.9 Å². The van der Waals surface area contributed by atoms with Crippen molar-refractivity contribution in [3.05, 3.63) is 312 Å². The fourth-order valence-electron chi connectivity index (χ4n) is 13.1. The molecule has 4 heterocycles. The van der Waals surface area contributed by atoms with Gasteiger partial charge in [0.05, 0.1) is 0 Å². The molecule has 0 fully saturated rings. The van der Waals surface area contributed by atoms with E-state index in [1.54, 1.807) is 0 Å². The second kappa shape index (κ2) is 44.9. The first-order valence-corrected chi connectivity index (χ1v) is 40.3. The van der Waals surface area contributed by atoms with Crippen molar-refractivity contribution >= 4 is 0 Å². The van der Waals surface area contributed by atoms with Crippen molar-refractivity contribution < 1.29 is 0 Å². The molecule has 0 saturated carbocycles. The van der Waals surface area contributed by atoms with Gasteiger partial charge in [0.2, 0.25) is 0 Å². The van der Waals surface area contributed by atoms with Crippen molar-refractivity contribution in [1.29, 1.82) is 0 Å². The van der Waals surface area contributed by atoms with Gasteiger partial charge in [0.1, 0.15) is 0 Å². The number of benzene rings is 8. The zero-order valence-electron chi connectivity index (χ0n) is 64.9. The molecule has 0 spiro atoms. The number of rotatable bonds is 33. The maximum Gasteiger partial charge on any atom is 0.0404 e. The smallest absolute Gasteiger partial charge is 0.0404 e. The Bertz CT molecular complexity index is 4220. The Hall–Kier alpha value is -9.64. The Morgan fingerprint density at radius 3 is 0.533 bits per heavy atom. The van der Waals surface area contributed by atoms with E-state index in [1.807, 2.05) is 24.8 Å². The number of hydrogen-bond donors (Lipinski definition) is 0. The van der Waals surface area contributed by atoms with Crippen LogP contribution in [-0.2, 0) is 51.4 Å². The van der Waals surface area contributed by atoms with Crippen LogP contribution in [0.4, 0.5) is 0 Å². The summed E-state index contributed by atoms with van der Waals surface area (Å²) in [5, 5.41) is 0. The van der Waals surface area contributed by atoms with E-state index in [4.69, 9.17) is 0 Å². The van der Waals surface area contributed by atoms with Crippen molar-refractivity contribution in [2.75, 3.05) is 0 Å². The van der Waals surface area contributed by atoms with Crippen LogP contribution in [0.5, 0.6) is 0 Å². The first kappa shape index (κ1) is 79.5. The van der Waals surface area contributed by atoms with E-state index in [0.717, 1.165) is 31.4 Å². The minimum Gasteiger partial charge on any atom is -0.261 e. The van der Waals surface area contributed by atoms with Crippen LogP contribution in [0.1, 0.15) is 210 Å². The Morgan fingerprint density at radius 1 is 0.152 bits per heavy atom. The van der Waals surface area contributed by atoms with Crippen LogP contribution >= 0.6 is 0 Å². The van der Waals surface area contributed by atoms with Gasteiger partial charge in [0.15, 0.2) is 0 Å². The molecule has 4 aromatic heterocycles. The lowest BCUT2D eigenvalue weighted by Crippen LogP contribution is -1.91. The van der Waals surface area contributed by atoms with Gasteiger partial charge in [-0.1, -0.05) is 338 Å². The van der Waals surface area contributed by atoms with Crippen molar-refractivity contribution in [3.63, 3.8) is 0 Å². The SMILES string of the molecule is CCCCCCc1ccc(-c2ccc(-c3ccc(CCCC)cc3)cc2)cn1.CCCCCc1ccc(-c2ccc(-c3ccc(CCCC)cc3)cc2)cn1.CCCCc1ccc(-c2ccc(-c3ccc(CC)nc3)cc2)cc1.CCCCc1ccc(-c2ccc(-c3ccc(CCCC)nc3)cc2)cc1. The number of pyridine rings is 4. The number of hydrogen-bond acceptors (Lipinski definition) is 4. The summed E-state index contributed by atoms with van der Waals surface area (Å²) in [7, 11) is 0. The summed E-state index contributed by atoms with van der Waals surface area (Å²) in [5.41, 5.74) is 30.3. The first-order valence-electron chi connectivity index (χ1n) is 40.3. The molecule has 0 aliphatic carbocycles. The number of unbranched alkanes of at least 4 members (excludes halogenated alkanes) is 10. The molecule has 0 radical (unpaired) electrons. The fourth-order valence-corrected chi connectivity index (χ4v) is 13.1. The van der Waals surface area contributed by atoms with Gasteiger partial charge in [0, 0.05) is 69.8 Å². The molecule has 0 aliphatic rings. The predicted octanol–water partition coefficient (Wildman–Crippen LogP) is 28.8. The third kappa shape index (κ3) is 26.2. The molecule has 12 rings (SSSR count). The van der Waals surface area contributed by atoms with Crippen LogP contribution in [0.25, 0.3) is 89.0 Å². The van der Waals surface area contributed by atoms with E-state index >= 15 is 0 Å². The maximum atomic E-state index is 4.67. The van der Waals surface area contributed by atoms with Crippen molar-refractivity contribution in [2.45, 2.75) is 216 Å². The molecular formula is C101H118N4. The largest absolute Gasteiger partial charge is 0.261 e. The summed E-state index contributed by atoms with van der Waals surface area (Å²) in [6, 6.07) is 88.7. The van der Waals surface area contributed by atoms with E-state index in [-0.39, 0.29) is 0 Å². The molecule has 0 aliphatic heterocycles. The van der Waals surface area contributed by atoms with Crippen molar-refractivity contribution in [2.24, 2.45) is 0 Å². The predicted molar refractivity (Wildman–Crippen MR) is 454 cm³/mol. The molecular weight excluding hydrogens is 1270 g/mol. The normalized spacial score (nSPS) is 10.9. The third-order valence-corrected chi connectivity index (χ3v) is 20.1. The topological polar surface area (TPSA) is 51.6 Å². The summed E-state index contributed by atoms with van der Waals surface area (Å²) in [4.78, 5) is 18.4. The number of aryl methyl sites for hydroxylation is 8. The van der Waals surface area contributed by atoms with E-state index in [9.17, 15) is 0 Å². The molecule has 105 heavy (non-hydrogen) atoms. The average Bonchev–Trinajstić information content (AvgIpc) is 0.853. The van der Waals surface area contributed by atoms with Crippen molar-refractivity contribution in [1.82, 2.24) is 19.9 Å². The van der Waals surface area contributed by atoms with Crippen LogP contribution in [0.2, 0.25) is 0 Å². The van der Waals surface area contributed by atoms with E-state index < -0.39 is 0 Å². The zero-order valence-corrected chi connectivity index (χ0v) is 64.9. The molecule has 542 valence electrons. The Morgan fingerprint density at radius 2 is 0.324 bits per heavy atom. The van der Waals surface area contributed by atoms with Gasteiger partial charge >= 0.3 is 0 Å². The van der Waals surface area contributed by atoms with Gasteiger partial charge in [-0.2, -0.15) is 0 Å². The highest BCUT2D eigenvalue weighted by Gasteiger charge is 2.09. The van der Waals surface area contributed by atoms with Gasteiger partial charge in [0.25, 0.3) is 0 Å². The highest BCUT2D eigenvalue weighted by Crippen LogP contribution is 2.31. The van der Waals surface area contributed by atoms with Gasteiger partial charge in [-0.15, -0.1) is 0 Å². The van der Waals surface area contributed by atoms with E-state index in [2.05, 4.69) is 318 Å². The minimum atomic E-state index is 0.980. The van der Waals surface area contributed by atoms with E-state index in [0.29, 0.717) is 0 Å². The van der Waals surface area contributed by atoms with Crippen LogP contribution in [0.15, 0.2) is 267 Å². The molecule has 0 saturated heterocycles. The molecule has 0 unspecified atom stereocenters. The molecule has 4 nitrogen and oxygen atoms in total. The molecule has 12 aromatic rings. The Balaban J connectivity index is 0.000000162. The van der Waals surface area contributed by atoms with Crippen LogP contribution < -0.4 is 0 Å². The van der Waals surface area contributed by atoms with E-state index in [1.165, 1.54) is 263 Å². The van der Waals surface area contributed by atoms with Crippen LogP contribution in [0.3, 0.4) is 0 Å². The summed E-state index contributed by atoms with van der Waals surface area (Å²) >= 11 is 0. The van der Waals surface area contributed by atoms with Crippen LogP contribution in [-0.4, -0.2) is 19.9 Å². The monoisotopic (exact) mass is 1390 g/mol. The summed E-state index contributed by atoms with van der Waals surface area (Å²) in [6.45, 7) is 17.8. The average molecular weight is 1390 g/mol. The lowest BCUT2D eigenvalue weighted by atomic mass is 9.99. The number of aromatic nitrogens is 4. The molecule has 0 amide bonds.